The van der Waals surface area contributed by atoms with Crippen molar-refractivity contribution < 1.29 is 9.59 Å². The van der Waals surface area contributed by atoms with Gasteiger partial charge in [0, 0.05) is 46.7 Å². The molecule has 120 valence electrons. The smallest absolute Gasteiger partial charge is 0.236 e. The fourth-order valence-corrected chi connectivity index (χ4v) is 3.27. The van der Waals surface area contributed by atoms with Crippen LogP contribution in [-0.4, -0.2) is 73.3 Å². The van der Waals surface area contributed by atoms with Crippen LogP contribution in [0.2, 0.25) is 0 Å². The van der Waals surface area contributed by atoms with Gasteiger partial charge in [-0.2, -0.15) is 0 Å². The van der Waals surface area contributed by atoms with E-state index in [0.29, 0.717) is 18.9 Å². The maximum atomic E-state index is 12.2. The third kappa shape index (κ3) is 4.99. The van der Waals surface area contributed by atoms with Crippen LogP contribution in [0.3, 0.4) is 0 Å². The average Bonchev–Trinajstić information content (AvgIpc) is 2.98. The van der Waals surface area contributed by atoms with E-state index in [9.17, 15) is 9.59 Å². The molecule has 2 aliphatic rings. The number of likely N-dealkylation sites (N-methyl/N-ethyl adjacent to an activating group) is 1. The Morgan fingerprint density at radius 3 is 2.24 bits per heavy atom. The molecule has 0 aromatic carbocycles. The van der Waals surface area contributed by atoms with Crippen LogP contribution in [0, 0.1) is 5.92 Å². The topological polar surface area (TPSA) is 43.9 Å². The van der Waals surface area contributed by atoms with E-state index in [2.05, 4.69) is 4.90 Å². The lowest BCUT2D eigenvalue weighted by Gasteiger charge is -2.35. The van der Waals surface area contributed by atoms with E-state index in [4.69, 9.17) is 0 Å². The predicted molar refractivity (Wildman–Crippen MR) is 82.9 cm³/mol. The van der Waals surface area contributed by atoms with Gasteiger partial charge < -0.3 is 9.80 Å². The quantitative estimate of drug-likeness (QED) is 0.765. The highest BCUT2D eigenvalue weighted by Crippen LogP contribution is 2.28. The molecule has 21 heavy (non-hydrogen) atoms. The van der Waals surface area contributed by atoms with Gasteiger partial charge in [0.05, 0.1) is 6.54 Å². The average molecular weight is 295 g/mol. The Morgan fingerprint density at radius 2 is 1.67 bits per heavy atom. The molecule has 2 amide bonds. The number of rotatable bonds is 5. The van der Waals surface area contributed by atoms with Gasteiger partial charge >= 0.3 is 0 Å². The summed E-state index contributed by atoms with van der Waals surface area (Å²) in [6, 6.07) is 0. The summed E-state index contributed by atoms with van der Waals surface area (Å²) < 4.78 is 0. The number of carbonyl (C=O) groups excluding carboxylic acids is 2. The fraction of sp³-hybridized carbons (Fsp3) is 0.875. The van der Waals surface area contributed by atoms with E-state index in [1.54, 1.807) is 19.0 Å². The maximum Gasteiger partial charge on any atom is 0.236 e. The molecule has 1 saturated heterocycles. The third-order valence-electron chi connectivity index (χ3n) is 4.82. The monoisotopic (exact) mass is 295 g/mol. The maximum absolute atomic E-state index is 12.2. The second-order valence-electron chi connectivity index (χ2n) is 6.63. The van der Waals surface area contributed by atoms with Gasteiger partial charge in [-0.15, -0.1) is 0 Å². The molecule has 0 radical (unpaired) electrons. The van der Waals surface area contributed by atoms with Crippen LogP contribution in [0.1, 0.15) is 38.5 Å². The zero-order valence-electron chi connectivity index (χ0n) is 13.5. The summed E-state index contributed by atoms with van der Waals surface area (Å²) in [5.74, 6) is 1.23. The van der Waals surface area contributed by atoms with Gasteiger partial charge in [0.1, 0.15) is 0 Å². The number of hydrogen-bond donors (Lipinski definition) is 0. The van der Waals surface area contributed by atoms with Crippen molar-refractivity contribution in [1.82, 2.24) is 14.7 Å². The number of amides is 2. The molecule has 0 atom stereocenters. The van der Waals surface area contributed by atoms with Crippen LogP contribution < -0.4 is 0 Å². The molecule has 2 rings (SSSR count). The Hall–Kier alpha value is -1.10. The Morgan fingerprint density at radius 1 is 1.05 bits per heavy atom. The van der Waals surface area contributed by atoms with Crippen molar-refractivity contribution >= 4 is 11.8 Å². The summed E-state index contributed by atoms with van der Waals surface area (Å²) in [7, 11) is 3.57. The molecule has 0 spiro atoms. The highest BCUT2D eigenvalue weighted by molar-refractivity contribution is 5.78. The van der Waals surface area contributed by atoms with Gasteiger partial charge in [0.15, 0.2) is 0 Å². The first-order valence-electron chi connectivity index (χ1n) is 8.26. The summed E-state index contributed by atoms with van der Waals surface area (Å²) in [6.45, 7) is 3.63. The molecule has 2 fully saturated rings. The van der Waals surface area contributed by atoms with E-state index in [-0.39, 0.29) is 5.91 Å². The molecule has 0 bridgehead atoms. The Balaban J connectivity index is 1.65. The molecule has 1 aliphatic heterocycles. The Bertz CT molecular complexity index is 357. The van der Waals surface area contributed by atoms with Crippen molar-refractivity contribution in [3.05, 3.63) is 0 Å². The van der Waals surface area contributed by atoms with Crippen molar-refractivity contribution in [2.45, 2.75) is 38.5 Å². The molecule has 5 nitrogen and oxygen atoms in total. The largest absolute Gasteiger partial charge is 0.348 e. The van der Waals surface area contributed by atoms with Crippen LogP contribution in [0.4, 0.5) is 0 Å². The van der Waals surface area contributed by atoms with Gasteiger partial charge in [0.25, 0.3) is 0 Å². The molecule has 1 heterocycles. The second kappa shape index (κ2) is 7.78. The van der Waals surface area contributed by atoms with Crippen molar-refractivity contribution in [2.24, 2.45) is 5.92 Å². The van der Waals surface area contributed by atoms with Crippen molar-refractivity contribution in [3.63, 3.8) is 0 Å². The molecular weight excluding hydrogens is 266 g/mol. The normalized spacial score (nSPS) is 20.8. The third-order valence-corrected chi connectivity index (χ3v) is 4.82. The molecule has 5 heteroatoms. The van der Waals surface area contributed by atoms with E-state index in [1.807, 2.05) is 4.90 Å². The molecule has 1 saturated carbocycles. The molecule has 0 unspecified atom stereocenters. The van der Waals surface area contributed by atoms with Gasteiger partial charge in [-0.05, 0) is 12.3 Å². The number of carbonyl (C=O) groups is 2. The number of piperazine rings is 1. The SMILES string of the molecule is CN(C)C(=O)CN1CCN(C(=O)CCC2CCCC2)CC1. The lowest BCUT2D eigenvalue weighted by molar-refractivity contribution is -0.134. The first kappa shape index (κ1) is 16.3. The highest BCUT2D eigenvalue weighted by atomic mass is 16.2. The summed E-state index contributed by atoms with van der Waals surface area (Å²) in [6.07, 6.45) is 7.09. The lowest BCUT2D eigenvalue weighted by atomic mass is 10.0. The fourth-order valence-electron chi connectivity index (χ4n) is 3.27. The first-order valence-corrected chi connectivity index (χ1v) is 8.26. The van der Waals surface area contributed by atoms with Crippen LogP contribution >= 0.6 is 0 Å². The molecule has 0 aromatic heterocycles. The summed E-state index contributed by atoms with van der Waals surface area (Å²) >= 11 is 0. The molecule has 0 aromatic rings. The summed E-state index contributed by atoms with van der Waals surface area (Å²) in [5, 5.41) is 0. The lowest BCUT2D eigenvalue weighted by Crippen LogP contribution is -2.51. The van der Waals surface area contributed by atoms with Crippen LogP contribution in [0.15, 0.2) is 0 Å². The minimum atomic E-state index is 0.135. The molecule has 0 N–H and O–H groups in total. The van der Waals surface area contributed by atoms with Crippen molar-refractivity contribution in [2.75, 3.05) is 46.8 Å². The Labute approximate surface area is 128 Å². The summed E-state index contributed by atoms with van der Waals surface area (Å²) in [4.78, 5) is 29.6. The van der Waals surface area contributed by atoms with Gasteiger partial charge in [-0.1, -0.05) is 25.7 Å². The van der Waals surface area contributed by atoms with Crippen LogP contribution in [0.5, 0.6) is 0 Å². The summed E-state index contributed by atoms with van der Waals surface area (Å²) in [5.41, 5.74) is 0. The van der Waals surface area contributed by atoms with E-state index in [0.717, 1.165) is 38.5 Å². The van der Waals surface area contributed by atoms with Gasteiger partial charge in [0.2, 0.25) is 11.8 Å². The molecular formula is C16H29N3O2. The van der Waals surface area contributed by atoms with Crippen molar-refractivity contribution in [3.8, 4) is 0 Å². The van der Waals surface area contributed by atoms with E-state index >= 15 is 0 Å². The minimum absolute atomic E-state index is 0.135. The van der Waals surface area contributed by atoms with Gasteiger partial charge in [-0.25, -0.2) is 0 Å². The minimum Gasteiger partial charge on any atom is -0.348 e. The highest BCUT2D eigenvalue weighted by Gasteiger charge is 2.24. The zero-order valence-corrected chi connectivity index (χ0v) is 13.5. The number of hydrogen-bond acceptors (Lipinski definition) is 3. The first-order chi connectivity index (χ1) is 10.1. The van der Waals surface area contributed by atoms with Crippen LogP contribution in [0.25, 0.3) is 0 Å². The van der Waals surface area contributed by atoms with E-state index in [1.165, 1.54) is 25.7 Å². The zero-order chi connectivity index (χ0) is 15.2. The number of nitrogens with zero attached hydrogens (tertiary/aromatic N) is 3. The van der Waals surface area contributed by atoms with Crippen molar-refractivity contribution in [1.29, 1.82) is 0 Å². The Kier molecular flexibility index (Phi) is 6.03. The predicted octanol–water partition coefficient (Wildman–Crippen LogP) is 1.19. The van der Waals surface area contributed by atoms with Gasteiger partial charge in [-0.3, -0.25) is 14.5 Å². The standard InChI is InChI=1S/C16H29N3O2/c1-17(2)16(21)13-18-9-11-19(12-10-18)15(20)8-7-14-5-3-4-6-14/h14H,3-13H2,1-2H3. The van der Waals surface area contributed by atoms with Crippen LogP contribution in [-0.2, 0) is 9.59 Å². The molecule has 1 aliphatic carbocycles. The van der Waals surface area contributed by atoms with E-state index < -0.39 is 0 Å². The second-order valence-corrected chi connectivity index (χ2v) is 6.63.